The van der Waals surface area contributed by atoms with Gasteiger partial charge in [0.2, 0.25) is 0 Å². The summed E-state index contributed by atoms with van der Waals surface area (Å²) in [6, 6.07) is 9.69. The number of nitrogens with one attached hydrogen (secondary N) is 2. The molecule has 1 aromatic rings. The molecule has 2 aliphatic rings. The number of guanidine groups is 1. The van der Waals surface area contributed by atoms with Gasteiger partial charge in [-0.1, -0.05) is 28.1 Å². The molecule has 2 N–H and O–H groups in total. The molecule has 0 spiro atoms. The molecule has 1 heterocycles. The lowest BCUT2D eigenvalue weighted by Gasteiger charge is -2.33. The van der Waals surface area contributed by atoms with Gasteiger partial charge in [0.15, 0.2) is 5.96 Å². The number of likely N-dealkylation sites (tertiary alicyclic amines) is 1. The van der Waals surface area contributed by atoms with Crippen molar-refractivity contribution in [1.82, 2.24) is 15.5 Å². The first-order chi connectivity index (χ1) is 12.7. The molecule has 2 atom stereocenters. The normalized spacial score (nSPS) is 23.6. The van der Waals surface area contributed by atoms with Crippen LogP contribution in [0.25, 0.3) is 0 Å². The molecule has 27 heavy (non-hydrogen) atoms. The van der Waals surface area contributed by atoms with E-state index in [4.69, 9.17) is 4.74 Å². The zero-order chi connectivity index (χ0) is 18.4. The number of hydrogen-bond donors (Lipinski definition) is 2. The van der Waals surface area contributed by atoms with E-state index in [1.807, 2.05) is 7.05 Å². The molecule has 152 valence electrons. The van der Waals surface area contributed by atoms with Crippen LogP contribution in [0.1, 0.15) is 37.2 Å². The second-order valence-electron chi connectivity index (χ2n) is 7.32. The van der Waals surface area contributed by atoms with Crippen LogP contribution < -0.4 is 10.6 Å². The fourth-order valence-corrected chi connectivity index (χ4v) is 3.97. The zero-order valence-corrected chi connectivity index (χ0v) is 20.2. The summed E-state index contributed by atoms with van der Waals surface area (Å²) in [5.41, 5.74) is 1.41. The number of ether oxygens (including phenoxy) is 1. The molecule has 1 aliphatic carbocycles. The highest BCUT2D eigenvalue weighted by atomic mass is 127. The van der Waals surface area contributed by atoms with Crippen LogP contribution in [0.4, 0.5) is 0 Å². The van der Waals surface area contributed by atoms with Gasteiger partial charge in [-0.15, -0.1) is 24.0 Å². The van der Waals surface area contributed by atoms with Gasteiger partial charge in [-0.25, -0.2) is 0 Å². The van der Waals surface area contributed by atoms with Crippen LogP contribution in [0, 0.1) is 0 Å². The Labute approximate surface area is 188 Å². The van der Waals surface area contributed by atoms with Gasteiger partial charge in [-0.2, -0.15) is 0 Å². The molecule has 0 bridgehead atoms. The Morgan fingerprint density at radius 2 is 1.93 bits per heavy atom. The smallest absolute Gasteiger partial charge is 0.191 e. The van der Waals surface area contributed by atoms with Gasteiger partial charge in [-0.05, 0) is 43.4 Å². The van der Waals surface area contributed by atoms with Gasteiger partial charge in [-0.3, -0.25) is 4.99 Å². The predicted molar refractivity (Wildman–Crippen MR) is 126 cm³/mol. The molecule has 2 fully saturated rings. The molecule has 5 nitrogen and oxygen atoms in total. The maximum atomic E-state index is 5.15. The quantitative estimate of drug-likeness (QED) is 0.236. The average Bonchev–Trinajstić information content (AvgIpc) is 3.42. The number of piperidine rings is 1. The number of nitrogens with zero attached hydrogens (tertiary/aromatic N) is 2. The van der Waals surface area contributed by atoms with Crippen molar-refractivity contribution < 1.29 is 4.74 Å². The lowest BCUT2D eigenvalue weighted by molar-refractivity contribution is 0.155. The molecular weight excluding hydrogens is 519 g/mol. The molecule has 0 radical (unpaired) electrons. The molecule has 1 saturated carbocycles. The Bertz CT molecular complexity index is 590. The predicted octanol–water partition coefficient (Wildman–Crippen LogP) is 3.59. The molecule has 2 unspecified atom stereocenters. The fraction of sp³-hybridized carbons (Fsp3) is 0.650. The van der Waals surface area contributed by atoms with Crippen LogP contribution >= 0.6 is 39.9 Å². The van der Waals surface area contributed by atoms with E-state index < -0.39 is 0 Å². The summed E-state index contributed by atoms with van der Waals surface area (Å²) in [6.07, 6.45) is 4.65. The van der Waals surface area contributed by atoms with Crippen LogP contribution in [-0.4, -0.2) is 63.3 Å². The molecule has 1 saturated heterocycles. The molecule has 0 amide bonds. The number of benzene rings is 1. The van der Waals surface area contributed by atoms with Gasteiger partial charge in [0.05, 0.1) is 0 Å². The van der Waals surface area contributed by atoms with Crippen molar-refractivity contribution in [3.63, 3.8) is 0 Å². The van der Waals surface area contributed by atoms with Crippen LogP contribution in [-0.2, 0) is 4.74 Å². The van der Waals surface area contributed by atoms with Crippen molar-refractivity contribution in [1.29, 1.82) is 0 Å². The Hall–Kier alpha value is -0.380. The third-order valence-electron chi connectivity index (χ3n) is 5.39. The summed E-state index contributed by atoms with van der Waals surface area (Å²) in [7, 11) is 3.64. The maximum absolute atomic E-state index is 5.15. The molecule has 3 rings (SSSR count). The highest BCUT2D eigenvalue weighted by Gasteiger charge is 2.39. The number of rotatable bonds is 7. The second-order valence-corrected chi connectivity index (χ2v) is 8.24. The Morgan fingerprint density at radius 3 is 2.56 bits per heavy atom. The fourth-order valence-electron chi connectivity index (χ4n) is 3.71. The van der Waals surface area contributed by atoms with E-state index in [1.165, 1.54) is 24.8 Å². The largest absolute Gasteiger partial charge is 0.385 e. The first-order valence-electron chi connectivity index (χ1n) is 9.66. The minimum absolute atomic E-state index is 0. The standard InChI is InChI=1S/C20H31BrN4O.HI/c1-22-20(23-17-8-11-25(12-9-17)10-3-13-26-2)24-19-14-18(19)15-4-6-16(21)7-5-15;/h4-7,17-19H,3,8-14H2,1-2H3,(H2,22,23,24);1H. The average molecular weight is 551 g/mol. The number of methoxy groups -OCH3 is 1. The van der Waals surface area contributed by atoms with Crippen molar-refractivity contribution in [2.24, 2.45) is 4.99 Å². The summed E-state index contributed by atoms with van der Waals surface area (Å²) in [6.45, 7) is 4.31. The Balaban J connectivity index is 0.00000261. The minimum atomic E-state index is 0. The van der Waals surface area contributed by atoms with Crippen LogP contribution in [0.5, 0.6) is 0 Å². The molecule has 0 aromatic heterocycles. The van der Waals surface area contributed by atoms with Crippen molar-refractivity contribution in [2.75, 3.05) is 40.4 Å². The van der Waals surface area contributed by atoms with Crippen molar-refractivity contribution in [3.8, 4) is 0 Å². The van der Waals surface area contributed by atoms with E-state index in [0.29, 0.717) is 18.0 Å². The first kappa shape index (κ1) is 22.9. The maximum Gasteiger partial charge on any atom is 0.191 e. The zero-order valence-electron chi connectivity index (χ0n) is 16.3. The summed E-state index contributed by atoms with van der Waals surface area (Å²) in [5.74, 6) is 1.55. The SMILES string of the molecule is CN=C(NC1CCN(CCCOC)CC1)NC1CC1c1ccc(Br)cc1.I. The molecule has 7 heteroatoms. The molecular formula is C20H32BrIN4O. The topological polar surface area (TPSA) is 48.9 Å². The van der Waals surface area contributed by atoms with E-state index in [1.54, 1.807) is 7.11 Å². The van der Waals surface area contributed by atoms with Crippen LogP contribution in [0.2, 0.25) is 0 Å². The summed E-state index contributed by atoms with van der Waals surface area (Å²) < 4.78 is 6.28. The Morgan fingerprint density at radius 1 is 1.22 bits per heavy atom. The van der Waals surface area contributed by atoms with Gasteiger partial charge in [0.1, 0.15) is 0 Å². The lowest BCUT2D eigenvalue weighted by atomic mass is 10.1. The van der Waals surface area contributed by atoms with Crippen LogP contribution in [0.3, 0.4) is 0 Å². The number of halogens is 2. The van der Waals surface area contributed by atoms with E-state index in [2.05, 4.69) is 60.7 Å². The van der Waals surface area contributed by atoms with E-state index in [0.717, 1.165) is 43.1 Å². The first-order valence-corrected chi connectivity index (χ1v) is 10.5. The minimum Gasteiger partial charge on any atom is -0.385 e. The van der Waals surface area contributed by atoms with E-state index in [-0.39, 0.29) is 24.0 Å². The third kappa shape index (κ3) is 7.18. The van der Waals surface area contributed by atoms with Gasteiger partial charge >= 0.3 is 0 Å². The summed E-state index contributed by atoms with van der Waals surface area (Å²) >= 11 is 3.50. The van der Waals surface area contributed by atoms with Crippen LogP contribution in [0.15, 0.2) is 33.7 Å². The van der Waals surface area contributed by atoms with Crippen molar-refractivity contribution in [3.05, 3.63) is 34.3 Å². The second kappa shape index (κ2) is 11.6. The highest BCUT2D eigenvalue weighted by molar-refractivity contribution is 14.0. The van der Waals surface area contributed by atoms with Crippen molar-refractivity contribution >= 4 is 45.9 Å². The van der Waals surface area contributed by atoms with Crippen molar-refractivity contribution in [2.45, 2.75) is 43.7 Å². The monoisotopic (exact) mass is 550 g/mol. The molecule has 1 aliphatic heterocycles. The lowest BCUT2D eigenvalue weighted by Crippen LogP contribution is -2.49. The highest BCUT2D eigenvalue weighted by Crippen LogP contribution is 2.41. The summed E-state index contributed by atoms with van der Waals surface area (Å²) in [4.78, 5) is 6.98. The third-order valence-corrected chi connectivity index (χ3v) is 5.91. The number of aliphatic imine (C=N–C) groups is 1. The Kier molecular flexibility index (Phi) is 9.82. The van der Waals surface area contributed by atoms with Gasteiger partial charge < -0.3 is 20.3 Å². The number of hydrogen-bond acceptors (Lipinski definition) is 3. The van der Waals surface area contributed by atoms with E-state index in [9.17, 15) is 0 Å². The molecule has 1 aromatic carbocycles. The summed E-state index contributed by atoms with van der Waals surface area (Å²) in [5, 5.41) is 7.23. The van der Waals surface area contributed by atoms with E-state index >= 15 is 0 Å². The van der Waals surface area contributed by atoms with Gasteiger partial charge in [0, 0.05) is 62.9 Å². The van der Waals surface area contributed by atoms with Gasteiger partial charge in [0.25, 0.3) is 0 Å².